The zero-order valence-electron chi connectivity index (χ0n) is 24.9. The Bertz CT molecular complexity index is 1900. The second-order valence-electron chi connectivity index (χ2n) is 11.4. The molecule has 1 N–H and O–H groups in total. The summed E-state index contributed by atoms with van der Waals surface area (Å²) in [5, 5.41) is 12.1. The van der Waals surface area contributed by atoms with Gasteiger partial charge in [-0.15, -0.1) is 0 Å². The van der Waals surface area contributed by atoms with Gasteiger partial charge in [-0.05, 0) is 13.8 Å². The average molecular weight is 822 g/mol. The Kier molecular flexibility index (Phi) is 10.6. The van der Waals surface area contributed by atoms with Crippen LogP contribution in [0.2, 0.25) is 17.3 Å². The molecule has 2 heterocycles. The smallest absolute Gasteiger partial charge is 0 e. The minimum absolute atomic E-state index is 0. The van der Waals surface area contributed by atoms with E-state index in [1.807, 2.05) is 6.20 Å². The Morgan fingerprint density at radius 2 is 1.49 bits per heavy atom. The normalized spacial score (nSPS) is 11.5. The Morgan fingerprint density at radius 1 is 0.837 bits per heavy atom. The second-order valence-corrected chi connectivity index (χ2v) is 23.1. The summed E-state index contributed by atoms with van der Waals surface area (Å²) in [6.07, 6.45) is 3.11. The molecule has 6 aromatic rings. The van der Waals surface area contributed by atoms with Gasteiger partial charge in [0.1, 0.15) is 0 Å². The molecule has 3 nitrogen and oxygen atoms in total. The number of nitrogens with zero attached hydrogens (tertiary/aromatic N) is 1. The number of hydrogen-bond acceptors (Lipinski definition) is 4. The van der Waals surface area contributed by atoms with Gasteiger partial charge < -0.3 is 5.11 Å². The van der Waals surface area contributed by atoms with Crippen LogP contribution < -0.4 is 4.40 Å². The maximum atomic E-state index is 10.0. The third kappa shape index (κ3) is 7.79. The number of aromatic nitrogens is 1. The van der Waals surface area contributed by atoms with E-state index in [9.17, 15) is 4.79 Å². The van der Waals surface area contributed by atoms with E-state index in [4.69, 9.17) is 10.1 Å². The van der Waals surface area contributed by atoms with Crippen LogP contribution >= 0.6 is 11.3 Å². The van der Waals surface area contributed by atoms with E-state index in [-0.39, 0.29) is 31.6 Å². The van der Waals surface area contributed by atoms with Crippen molar-refractivity contribution in [2.75, 3.05) is 0 Å². The number of pyridine rings is 1. The standard InChI is InChI=1S/C32H26GeNS.C5H8O2.Ir/c1-33(2,3)26-14-15-27-24(18-26)16-17-34-32(27)25-19-28(22-10-6-4-7-11-22)29-21-30(35-31(29)20-25)23-12-8-5-9-13-23;1-4(6)3-5(2)7;/h4-19,21H,1-3H3;3,6H,1-2H3;/q-1;;/b;4-3-;. The van der Waals surface area contributed by atoms with Crippen molar-refractivity contribution in [1.82, 2.24) is 4.98 Å². The van der Waals surface area contributed by atoms with Gasteiger partial charge in [0.25, 0.3) is 0 Å². The van der Waals surface area contributed by atoms with Gasteiger partial charge in [-0.1, -0.05) is 18.2 Å². The molecule has 0 spiro atoms. The van der Waals surface area contributed by atoms with E-state index in [0.29, 0.717) is 0 Å². The van der Waals surface area contributed by atoms with Gasteiger partial charge in [-0.2, -0.15) is 0 Å². The predicted octanol–water partition coefficient (Wildman–Crippen LogP) is 9.83. The fourth-order valence-electron chi connectivity index (χ4n) is 4.95. The van der Waals surface area contributed by atoms with Gasteiger partial charge in [0.2, 0.25) is 0 Å². The van der Waals surface area contributed by atoms with E-state index in [2.05, 4.69) is 120 Å². The number of allylic oxidation sites excluding steroid dienone is 2. The quantitative estimate of drug-likeness (QED) is 0.0816. The summed E-state index contributed by atoms with van der Waals surface area (Å²) in [5.74, 6) is 7.27. The monoisotopic (exact) mass is 823 g/mol. The number of ketones is 1. The first-order valence-corrected chi connectivity index (χ1v) is 22.1. The SMILES string of the molecule is CC(=O)/C=C(/C)O.[CH3][Ge]([CH3])([CH3])[c]1ccc2c(-c3[c-]c4sc(-c5ccccc5)cc4c(-c4ccccc4)c3)nccc2c1.[Ir]. The molecule has 0 aliphatic heterocycles. The summed E-state index contributed by atoms with van der Waals surface area (Å²) in [5.41, 5.74) is 5.74. The van der Waals surface area contributed by atoms with Crippen LogP contribution in [0.4, 0.5) is 0 Å². The summed E-state index contributed by atoms with van der Waals surface area (Å²) < 4.78 is 2.69. The Labute approximate surface area is 274 Å². The van der Waals surface area contributed by atoms with Gasteiger partial charge >= 0.3 is 196 Å². The van der Waals surface area contributed by atoms with Crippen LogP contribution in [0.3, 0.4) is 0 Å². The van der Waals surface area contributed by atoms with Gasteiger partial charge in [0, 0.05) is 26.2 Å². The van der Waals surface area contributed by atoms with Crippen molar-refractivity contribution >= 4 is 55.6 Å². The molecule has 0 unspecified atom stereocenters. The summed E-state index contributed by atoms with van der Waals surface area (Å²) >= 11 is -0.113. The van der Waals surface area contributed by atoms with Crippen LogP contribution in [0.25, 0.3) is 53.7 Å². The Balaban J connectivity index is 0.000000475. The van der Waals surface area contributed by atoms with Crippen molar-refractivity contribution < 1.29 is 30.0 Å². The van der Waals surface area contributed by atoms with Crippen molar-refractivity contribution in [3.8, 4) is 32.8 Å². The molecule has 2 aromatic heterocycles. The largest absolute Gasteiger partial charge is 0 e. The summed E-state index contributed by atoms with van der Waals surface area (Å²) in [6, 6.07) is 38.8. The van der Waals surface area contributed by atoms with E-state index < -0.39 is 13.3 Å². The van der Waals surface area contributed by atoms with Gasteiger partial charge in [-0.25, -0.2) is 0 Å². The topological polar surface area (TPSA) is 50.2 Å². The van der Waals surface area contributed by atoms with Crippen LogP contribution in [0.15, 0.2) is 115 Å². The maximum absolute atomic E-state index is 10.0. The molecule has 0 bridgehead atoms. The fourth-order valence-corrected chi connectivity index (χ4v) is 8.50. The number of fused-ring (bicyclic) bond motifs is 2. The molecular formula is C37H34GeIrNO2S-. The fraction of sp³-hybridized carbons (Fsp3) is 0.135. The molecule has 0 saturated carbocycles. The Morgan fingerprint density at radius 3 is 2.07 bits per heavy atom. The molecule has 0 fully saturated rings. The molecular weight excluding hydrogens is 787 g/mol. The first-order chi connectivity index (χ1) is 20.1. The van der Waals surface area contributed by atoms with Crippen LogP contribution in [-0.2, 0) is 24.9 Å². The molecule has 219 valence electrons. The van der Waals surface area contributed by atoms with Gasteiger partial charge in [-0.3, -0.25) is 4.79 Å². The zero-order valence-corrected chi connectivity index (χ0v) is 30.2. The predicted molar refractivity (Wildman–Crippen MR) is 182 cm³/mol. The molecule has 0 aliphatic carbocycles. The molecule has 1 radical (unpaired) electrons. The summed E-state index contributed by atoms with van der Waals surface area (Å²) in [4.78, 5) is 16.1. The third-order valence-electron chi connectivity index (χ3n) is 7.00. The number of thiophene rings is 1. The van der Waals surface area contributed by atoms with Crippen molar-refractivity contribution in [2.24, 2.45) is 0 Å². The third-order valence-corrected chi connectivity index (χ3v) is 12.4. The van der Waals surface area contributed by atoms with Crippen molar-refractivity contribution in [1.29, 1.82) is 0 Å². The van der Waals surface area contributed by atoms with Crippen LogP contribution in [0.1, 0.15) is 13.8 Å². The number of aliphatic hydroxyl groups is 1. The minimum Gasteiger partial charge on any atom is 0 e. The van der Waals surface area contributed by atoms with Gasteiger partial charge in [0.05, 0.1) is 5.76 Å². The van der Waals surface area contributed by atoms with Crippen molar-refractivity contribution in [3.63, 3.8) is 0 Å². The number of hydrogen-bond donors (Lipinski definition) is 1. The van der Waals surface area contributed by atoms with Crippen molar-refractivity contribution in [3.05, 3.63) is 121 Å². The maximum Gasteiger partial charge on any atom is 0 e. The molecule has 6 rings (SSSR count). The molecule has 43 heavy (non-hydrogen) atoms. The van der Waals surface area contributed by atoms with Crippen molar-refractivity contribution in [2.45, 2.75) is 31.1 Å². The van der Waals surface area contributed by atoms with Crippen LogP contribution in [-0.4, -0.2) is 29.1 Å². The molecule has 0 amide bonds. The molecule has 0 aliphatic rings. The van der Waals surface area contributed by atoms with Crippen LogP contribution in [0.5, 0.6) is 0 Å². The summed E-state index contributed by atoms with van der Waals surface area (Å²) in [7, 11) is 0. The van der Waals surface area contributed by atoms with Gasteiger partial charge in [0.15, 0.2) is 5.78 Å². The van der Waals surface area contributed by atoms with E-state index in [0.717, 1.165) is 11.3 Å². The van der Waals surface area contributed by atoms with E-state index in [1.54, 1.807) is 11.3 Å². The molecule has 6 heteroatoms. The first-order valence-electron chi connectivity index (χ1n) is 14.0. The number of carbonyl (C=O) groups excluding carboxylic acids is 1. The molecule has 0 saturated heterocycles. The molecule has 0 atom stereocenters. The van der Waals surface area contributed by atoms with E-state index in [1.165, 1.54) is 66.7 Å². The summed E-state index contributed by atoms with van der Waals surface area (Å²) in [6.45, 7) is 2.85. The van der Waals surface area contributed by atoms with E-state index >= 15 is 0 Å². The second kappa shape index (κ2) is 14.0. The number of benzene rings is 4. The van der Waals surface area contributed by atoms with Crippen LogP contribution in [0, 0.1) is 6.07 Å². The average Bonchev–Trinajstić information content (AvgIpc) is 3.40. The first kappa shape index (κ1) is 32.6. The number of aliphatic hydroxyl groups excluding tert-OH is 1. The number of rotatable bonds is 5. The minimum atomic E-state index is -1.92. The zero-order chi connectivity index (χ0) is 29.9. The Hall–Kier alpha value is -3.35. The number of carbonyl (C=O) groups is 1. The molecule has 4 aromatic carbocycles.